The maximum atomic E-state index is 12.1. The van der Waals surface area contributed by atoms with Crippen LogP contribution in [-0.4, -0.2) is 31.4 Å². The van der Waals surface area contributed by atoms with Crippen LogP contribution in [0.2, 0.25) is 0 Å². The van der Waals surface area contributed by atoms with E-state index in [2.05, 4.69) is 10.6 Å². The molecule has 154 valence electrons. The molecule has 0 saturated heterocycles. The summed E-state index contributed by atoms with van der Waals surface area (Å²) in [5.41, 5.74) is 1.83. The minimum Gasteiger partial charge on any atom is -0.484 e. The second-order valence-corrected chi connectivity index (χ2v) is 6.42. The Balaban J connectivity index is 1.52. The number of ether oxygens (including phenoxy) is 1. The van der Waals surface area contributed by atoms with Crippen molar-refractivity contribution in [2.24, 2.45) is 0 Å². The average molecular weight is 407 g/mol. The summed E-state index contributed by atoms with van der Waals surface area (Å²) in [5, 5.41) is 5.42. The molecule has 0 unspecified atom stereocenters. The fourth-order valence-corrected chi connectivity index (χ4v) is 2.56. The van der Waals surface area contributed by atoms with Crippen LogP contribution in [0.25, 0.3) is 0 Å². The van der Waals surface area contributed by atoms with Gasteiger partial charge in [-0.15, -0.1) is 0 Å². The lowest BCUT2D eigenvalue weighted by Crippen LogP contribution is -2.23. The molecule has 0 aliphatic rings. The van der Waals surface area contributed by atoms with Crippen LogP contribution in [0.15, 0.2) is 71.3 Å². The van der Waals surface area contributed by atoms with Gasteiger partial charge in [0.25, 0.3) is 11.8 Å². The second kappa shape index (κ2) is 9.42. The Kier molecular flexibility index (Phi) is 6.49. The van der Waals surface area contributed by atoms with Crippen LogP contribution in [-0.2, 0) is 9.59 Å². The number of amides is 3. The van der Waals surface area contributed by atoms with Gasteiger partial charge in [0.1, 0.15) is 5.75 Å². The number of nitrogens with one attached hydrogen (secondary N) is 2. The summed E-state index contributed by atoms with van der Waals surface area (Å²) in [7, 11) is 1.68. The third kappa shape index (κ3) is 5.48. The molecule has 0 radical (unpaired) electrons. The van der Waals surface area contributed by atoms with E-state index in [1.807, 2.05) is 0 Å². The highest BCUT2D eigenvalue weighted by Crippen LogP contribution is 2.19. The molecule has 3 rings (SSSR count). The highest BCUT2D eigenvalue weighted by atomic mass is 16.5. The van der Waals surface area contributed by atoms with Crippen LogP contribution in [0, 0.1) is 0 Å². The molecule has 1 aromatic heterocycles. The predicted molar refractivity (Wildman–Crippen MR) is 113 cm³/mol. The number of carbonyl (C=O) groups excluding carboxylic acids is 3. The van der Waals surface area contributed by atoms with Gasteiger partial charge >= 0.3 is 0 Å². The SMILES string of the molecule is CC(=O)N(C)c1ccc(NC(=O)COc2cccc(NC(=O)c3ccco3)c2)cc1. The lowest BCUT2D eigenvalue weighted by Gasteiger charge is -2.15. The summed E-state index contributed by atoms with van der Waals surface area (Å²) in [5.74, 6) is -0.175. The molecule has 30 heavy (non-hydrogen) atoms. The molecule has 3 amide bonds. The van der Waals surface area contributed by atoms with Gasteiger partial charge in [-0.3, -0.25) is 14.4 Å². The molecule has 0 spiro atoms. The third-order valence-corrected chi connectivity index (χ3v) is 4.22. The number of anilines is 3. The minimum atomic E-state index is -0.381. The van der Waals surface area contributed by atoms with Gasteiger partial charge < -0.3 is 24.7 Å². The summed E-state index contributed by atoms with van der Waals surface area (Å²) in [6, 6.07) is 16.8. The third-order valence-electron chi connectivity index (χ3n) is 4.22. The molecule has 2 N–H and O–H groups in total. The molecule has 1 heterocycles. The van der Waals surface area contributed by atoms with E-state index in [9.17, 15) is 14.4 Å². The summed E-state index contributed by atoms with van der Waals surface area (Å²) < 4.78 is 10.6. The Morgan fingerprint density at radius 3 is 2.40 bits per heavy atom. The molecule has 0 aliphatic heterocycles. The maximum absolute atomic E-state index is 12.1. The first kappa shape index (κ1) is 20.7. The molecule has 0 aliphatic carbocycles. The number of carbonyl (C=O) groups is 3. The molecular weight excluding hydrogens is 386 g/mol. The molecule has 3 aromatic rings. The van der Waals surface area contributed by atoms with E-state index in [-0.39, 0.29) is 30.1 Å². The zero-order valence-electron chi connectivity index (χ0n) is 16.5. The average Bonchev–Trinajstić information content (AvgIpc) is 3.28. The fraction of sp³-hybridized carbons (Fsp3) is 0.136. The van der Waals surface area contributed by atoms with Crippen molar-refractivity contribution in [2.45, 2.75) is 6.92 Å². The smallest absolute Gasteiger partial charge is 0.291 e. The largest absolute Gasteiger partial charge is 0.484 e. The summed E-state index contributed by atoms with van der Waals surface area (Å²) in [6.45, 7) is 1.27. The Hall–Kier alpha value is -4.07. The lowest BCUT2D eigenvalue weighted by molar-refractivity contribution is -0.118. The van der Waals surface area contributed by atoms with Gasteiger partial charge in [0.05, 0.1) is 6.26 Å². The first-order valence-electron chi connectivity index (χ1n) is 9.14. The van der Waals surface area contributed by atoms with Gasteiger partial charge in [-0.2, -0.15) is 0 Å². The summed E-state index contributed by atoms with van der Waals surface area (Å²) >= 11 is 0. The van der Waals surface area contributed by atoms with Crippen LogP contribution >= 0.6 is 0 Å². The van der Waals surface area contributed by atoms with E-state index in [0.717, 1.165) is 5.69 Å². The van der Waals surface area contributed by atoms with Gasteiger partial charge in [-0.25, -0.2) is 0 Å². The highest BCUT2D eigenvalue weighted by molar-refractivity contribution is 6.02. The van der Waals surface area contributed by atoms with E-state index in [4.69, 9.17) is 9.15 Å². The zero-order valence-corrected chi connectivity index (χ0v) is 16.5. The minimum absolute atomic E-state index is 0.0808. The highest BCUT2D eigenvalue weighted by Gasteiger charge is 2.10. The molecule has 8 nitrogen and oxygen atoms in total. The monoisotopic (exact) mass is 407 g/mol. The molecule has 0 bridgehead atoms. The Morgan fingerprint density at radius 1 is 0.967 bits per heavy atom. The van der Waals surface area contributed by atoms with E-state index in [1.165, 1.54) is 18.1 Å². The van der Waals surface area contributed by atoms with Gasteiger partial charge in [0.2, 0.25) is 5.91 Å². The van der Waals surface area contributed by atoms with Crippen molar-refractivity contribution in [2.75, 3.05) is 29.2 Å². The van der Waals surface area contributed by atoms with Crippen molar-refractivity contribution in [3.63, 3.8) is 0 Å². The molecular formula is C22H21N3O5. The normalized spacial score (nSPS) is 10.2. The quantitative estimate of drug-likeness (QED) is 0.624. The maximum Gasteiger partial charge on any atom is 0.291 e. The van der Waals surface area contributed by atoms with Crippen molar-refractivity contribution < 1.29 is 23.5 Å². The summed E-state index contributed by atoms with van der Waals surface area (Å²) in [6.07, 6.45) is 1.42. The Labute approximate surface area is 173 Å². The number of rotatable bonds is 7. The van der Waals surface area contributed by atoms with Gasteiger partial charge in [-0.05, 0) is 48.5 Å². The molecule has 2 aromatic carbocycles. The molecule has 0 atom stereocenters. The van der Waals surface area contributed by atoms with E-state index < -0.39 is 0 Å². The van der Waals surface area contributed by atoms with E-state index >= 15 is 0 Å². The standard InChI is InChI=1S/C22H21N3O5/c1-15(26)25(2)18-10-8-16(9-11-18)23-21(27)14-30-19-6-3-5-17(13-19)24-22(28)20-7-4-12-29-20/h3-13H,14H2,1-2H3,(H,23,27)(H,24,28). The first-order valence-corrected chi connectivity index (χ1v) is 9.14. The lowest BCUT2D eigenvalue weighted by atomic mass is 10.2. The van der Waals surface area contributed by atoms with Crippen LogP contribution in [0.1, 0.15) is 17.5 Å². The van der Waals surface area contributed by atoms with Crippen LogP contribution < -0.4 is 20.3 Å². The number of benzene rings is 2. The van der Waals surface area contributed by atoms with Gasteiger partial charge in [-0.1, -0.05) is 6.07 Å². The second-order valence-electron chi connectivity index (χ2n) is 6.42. The van der Waals surface area contributed by atoms with Crippen LogP contribution in [0.4, 0.5) is 17.1 Å². The van der Waals surface area contributed by atoms with Crippen LogP contribution in [0.5, 0.6) is 5.75 Å². The summed E-state index contributed by atoms with van der Waals surface area (Å²) in [4.78, 5) is 37.1. The van der Waals surface area contributed by atoms with Crippen LogP contribution in [0.3, 0.4) is 0 Å². The fourth-order valence-electron chi connectivity index (χ4n) is 2.56. The molecule has 0 fully saturated rings. The van der Waals surface area contributed by atoms with Crippen molar-refractivity contribution in [3.8, 4) is 5.75 Å². The number of nitrogens with zero attached hydrogens (tertiary/aromatic N) is 1. The van der Waals surface area contributed by atoms with Gasteiger partial charge in [0, 0.05) is 37.1 Å². The Bertz CT molecular complexity index is 1030. The van der Waals surface area contributed by atoms with Crippen molar-refractivity contribution in [1.29, 1.82) is 0 Å². The van der Waals surface area contributed by atoms with Crippen molar-refractivity contribution in [3.05, 3.63) is 72.7 Å². The van der Waals surface area contributed by atoms with E-state index in [0.29, 0.717) is 17.1 Å². The first-order chi connectivity index (χ1) is 14.4. The van der Waals surface area contributed by atoms with Gasteiger partial charge in [0.15, 0.2) is 12.4 Å². The molecule has 8 heteroatoms. The number of hydrogen-bond acceptors (Lipinski definition) is 5. The van der Waals surface area contributed by atoms with E-state index in [1.54, 1.807) is 67.7 Å². The zero-order chi connectivity index (χ0) is 21.5. The van der Waals surface area contributed by atoms with Crippen molar-refractivity contribution in [1.82, 2.24) is 0 Å². The number of hydrogen-bond donors (Lipinski definition) is 2. The molecule has 0 saturated carbocycles. The van der Waals surface area contributed by atoms with Crippen molar-refractivity contribution >= 4 is 34.8 Å². The Morgan fingerprint density at radius 2 is 1.73 bits per heavy atom. The predicted octanol–water partition coefficient (Wildman–Crippen LogP) is 3.53. The topological polar surface area (TPSA) is 101 Å². The number of furan rings is 1.